The van der Waals surface area contributed by atoms with Gasteiger partial charge in [-0.3, -0.25) is 4.79 Å². The molecular weight excluding hydrogens is 324 g/mol. The van der Waals surface area contributed by atoms with Crippen LogP contribution in [0.15, 0.2) is 5.38 Å². The smallest absolute Gasteiger partial charge is 0.229 e. The van der Waals surface area contributed by atoms with Gasteiger partial charge < -0.3 is 9.64 Å². The van der Waals surface area contributed by atoms with E-state index in [2.05, 4.69) is 17.0 Å². The average molecular weight is 348 g/mol. The summed E-state index contributed by atoms with van der Waals surface area (Å²) in [4.78, 5) is 19.3. The molecule has 1 amide bonds. The Kier molecular flexibility index (Phi) is 4.89. The lowest BCUT2D eigenvalue weighted by atomic mass is 10.0. The zero-order chi connectivity index (χ0) is 17.3. The lowest BCUT2D eigenvalue weighted by Gasteiger charge is -2.25. The van der Waals surface area contributed by atoms with Gasteiger partial charge in [-0.1, -0.05) is 6.92 Å². The highest BCUT2D eigenvalue weighted by Crippen LogP contribution is 2.39. The van der Waals surface area contributed by atoms with Crippen LogP contribution in [-0.4, -0.2) is 39.2 Å². The van der Waals surface area contributed by atoms with Crippen molar-refractivity contribution in [3.8, 4) is 5.88 Å². The highest BCUT2D eigenvalue weighted by molar-refractivity contribution is 7.09. The number of likely N-dealkylation sites (tertiary alicyclic amines) is 1. The van der Waals surface area contributed by atoms with Crippen molar-refractivity contribution < 1.29 is 9.53 Å². The Morgan fingerprint density at radius 3 is 2.96 bits per heavy atom. The van der Waals surface area contributed by atoms with Crippen LogP contribution in [0.1, 0.15) is 47.8 Å². The molecule has 1 atom stereocenters. The summed E-state index contributed by atoms with van der Waals surface area (Å²) in [6.07, 6.45) is 3.24. The van der Waals surface area contributed by atoms with Gasteiger partial charge in [-0.05, 0) is 26.2 Å². The van der Waals surface area contributed by atoms with Gasteiger partial charge in [-0.15, -0.1) is 11.3 Å². The maximum atomic E-state index is 12.8. The van der Waals surface area contributed by atoms with Crippen LogP contribution in [0.5, 0.6) is 5.88 Å². The third-order valence-corrected chi connectivity index (χ3v) is 5.59. The largest absolute Gasteiger partial charge is 0.481 e. The van der Waals surface area contributed by atoms with Crippen LogP contribution in [0, 0.1) is 6.92 Å². The Bertz CT molecular complexity index is 737. The molecule has 1 aliphatic heterocycles. The highest BCUT2D eigenvalue weighted by Gasteiger charge is 2.35. The van der Waals surface area contributed by atoms with Gasteiger partial charge in [0.25, 0.3) is 0 Å². The zero-order valence-corrected chi connectivity index (χ0v) is 15.5. The molecule has 0 aliphatic carbocycles. The molecule has 0 radical (unpaired) electrons. The number of hydrogen-bond acceptors (Lipinski definition) is 5. The van der Waals surface area contributed by atoms with E-state index in [1.165, 1.54) is 0 Å². The van der Waals surface area contributed by atoms with Gasteiger partial charge in [0.05, 0.1) is 41.5 Å². The van der Waals surface area contributed by atoms with Gasteiger partial charge in [0.15, 0.2) is 0 Å². The van der Waals surface area contributed by atoms with Crippen LogP contribution in [0.3, 0.4) is 0 Å². The van der Waals surface area contributed by atoms with Gasteiger partial charge in [0.2, 0.25) is 11.8 Å². The molecule has 3 rings (SSSR count). The van der Waals surface area contributed by atoms with E-state index in [0.29, 0.717) is 6.42 Å². The zero-order valence-electron chi connectivity index (χ0n) is 14.7. The molecule has 1 aliphatic rings. The number of rotatable bonds is 5. The van der Waals surface area contributed by atoms with E-state index in [0.717, 1.165) is 53.6 Å². The summed E-state index contributed by atoms with van der Waals surface area (Å²) in [7, 11) is 3.53. The molecule has 2 aromatic heterocycles. The van der Waals surface area contributed by atoms with Crippen molar-refractivity contribution in [2.45, 2.75) is 45.6 Å². The maximum absolute atomic E-state index is 12.8. The summed E-state index contributed by atoms with van der Waals surface area (Å²) in [5, 5.41) is 7.54. The Hall–Kier alpha value is -1.89. The predicted octanol–water partition coefficient (Wildman–Crippen LogP) is 2.66. The number of hydrogen-bond donors (Lipinski definition) is 0. The number of methoxy groups -OCH3 is 1. The minimum atomic E-state index is 0.0467. The summed E-state index contributed by atoms with van der Waals surface area (Å²) in [6.45, 7) is 4.84. The molecule has 0 unspecified atom stereocenters. The number of thiazole rings is 1. The van der Waals surface area contributed by atoms with Gasteiger partial charge in [-0.25, -0.2) is 9.67 Å². The fraction of sp³-hybridized carbons (Fsp3) is 0.588. The molecule has 1 saturated heterocycles. The second-order valence-electron chi connectivity index (χ2n) is 6.14. The first-order valence-electron chi connectivity index (χ1n) is 8.35. The number of ether oxygens (including phenoxy) is 1. The van der Waals surface area contributed by atoms with Crippen LogP contribution in [-0.2, 0) is 24.7 Å². The van der Waals surface area contributed by atoms with E-state index in [4.69, 9.17) is 4.74 Å². The summed E-state index contributed by atoms with van der Waals surface area (Å²) in [5.41, 5.74) is 2.85. The first kappa shape index (κ1) is 17.0. The SMILES string of the molecule is CCc1nc(CC(=O)N2CCC[C@@H]2c2c(C)nn(C)c2OC)cs1. The minimum absolute atomic E-state index is 0.0467. The van der Waals surface area contributed by atoms with Crippen molar-refractivity contribution in [3.63, 3.8) is 0 Å². The third-order valence-electron chi connectivity index (χ3n) is 4.55. The van der Waals surface area contributed by atoms with Crippen LogP contribution in [0.25, 0.3) is 0 Å². The average Bonchev–Trinajstić information content (AvgIpc) is 3.25. The molecule has 24 heavy (non-hydrogen) atoms. The standard InChI is InChI=1S/C17H24N4O2S/c1-5-14-18-12(10-24-14)9-15(22)21-8-6-7-13(21)16-11(2)19-20(3)17(16)23-4/h10,13H,5-9H2,1-4H3/t13-/m1/s1. The fourth-order valence-corrected chi connectivity index (χ4v) is 4.24. The molecule has 0 spiro atoms. The Morgan fingerprint density at radius 1 is 1.50 bits per heavy atom. The maximum Gasteiger partial charge on any atom is 0.229 e. The van der Waals surface area contributed by atoms with Crippen LogP contribution in [0.2, 0.25) is 0 Å². The van der Waals surface area contributed by atoms with Crippen LogP contribution < -0.4 is 4.74 Å². The predicted molar refractivity (Wildman–Crippen MR) is 93.4 cm³/mol. The summed E-state index contributed by atoms with van der Waals surface area (Å²) in [5.74, 6) is 0.884. The molecule has 0 aromatic carbocycles. The quantitative estimate of drug-likeness (QED) is 0.833. The van der Waals surface area contributed by atoms with Crippen molar-refractivity contribution in [1.29, 1.82) is 0 Å². The van der Waals surface area contributed by atoms with Crippen molar-refractivity contribution in [2.24, 2.45) is 7.05 Å². The number of amides is 1. The molecule has 130 valence electrons. The molecular formula is C17H24N4O2S. The van der Waals surface area contributed by atoms with Crippen molar-refractivity contribution >= 4 is 17.2 Å². The molecule has 0 bridgehead atoms. The first-order chi connectivity index (χ1) is 11.5. The van der Waals surface area contributed by atoms with Gasteiger partial charge in [-0.2, -0.15) is 5.10 Å². The van der Waals surface area contributed by atoms with E-state index < -0.39 is 0 Å². The Morgan fingerprint density at radius 2 is 2.29 bits per heavy atom. The van der Waals surface area contributed by atoms with E-state index in [1.807, 2.05) is 24.3 Å². The Labute approximate surface area is 146 Å². The van der Waals surface area contributed by atoms with Crippen molar-refractivity contribution in [3.05, 3.63) is 27.3 Å². The van der Waals surface area contributed by atoms with E-state index in [9.17, 15) is 4.79 Å². The van der Waals surface area contributed by atoms with E-state index in [-0.39, 0.29) is 11.9 Å². The topological polar surface area (TPSA) is 60.2 Å². The number of carbonyl (C=O) groups excluding carboxylic acids is 1. The lowest BCUT2D eigenvalue weighted by Crippen LogP contribution is -2.32. The molecule has 0 saturated carbocycles. The van der Waals surface area contributed by atoms with Crippen LogP contribution in [0.4, 0.5) is 0 Å². The monoisotopic (exact) mass is 348 g/mol. The first-order valence-corrected chi connectivity index (χ1v) is 9.23. The fourth-order valence-electron chi connectivity index (χ4n) is 3.49. The number of aryl methyl sites for hydroxylation is 3. The molecule has 1 fully saturated rings. The second-order valence-corrected chi connectivity index (χ2v) is 7.08. The molecule has 6 nitrogen and oxygen atoms in total. The number of carbonyl (C=O) groups is 1. The second kappa shape index (κ2) is 6.93. The third kappa shape index (κ3) is 3.05. The van der Waals surface area contributed by atoms with E-state index in [1.54, 1.807) is 23.1 Å². The number of aromatic nitrogens is 3. The molecule has 7 heteroatoms. The highest BCUT2D eigenvalue weighted by atomic mass is 32.1. The molecule has 2 aromatic rings. The van der Waals surface area contributed by atoms with Gasteiger partial charge >= 0.3 is 0 Å². The van der Waals surface area contributed by atoms with Crippen molar-refractivity contribution in [2.75, 3.05) is 13.7 Å². The van der Waals surface area contributed by atoms with Crippen LogP contribution >= 0.6 is 11.3 Å². The lowest BCUT2D eigenvalue weighted by molar-refractivity contribution is -0.131. The summed E-state index contributed by atoms with van der Waals surface area (Å²) >= 11 is 1.63. The van der Waals surface area contributed by atoms with Crippen molar-refractivity contribution in [1.82, 2.24) is 19.7 Å². The summed E-state index contributed by atoms with van der Waals surface area (Å²) in [6, 6.07) is 0.0467. The van der Waals surface area contributed by atoms with Gasteiger partial charge in [0.1, 0.15) is 0 Å². The normalized spacial score (nSPS) is 17.5. The number of nitrogens with zero attached hydrogens (tertiary/aromatic N) is 4. The summed E-state index contributed by atoms with van der Waals surface area (Å²) < 4.78 is 7.28. The van der Waals surface area contributed by atoms with Gasteiger partial charge in [0, 0.05) is 19.0 Å². The minimum Gasteiger partial charge on any atom is -0.481 e. The van der Waals surface area contributed by atoms with E-state index >= 15 is 0 Å². The Balaban J connectivity index is 1.81. The molecule has 0 N–H and O–H groups in total. The molecule has 3 heterocycles.